The number of ether oxygens (including phenoxy) is 2. The van der Waals surface area contributed by atoms with Crippen molar-refractivity contribution >= 4 is 29.9 Å². The number of hydrogen-bond acceptors (Lipinski definition) is 3. The molecular weight excluding hydrogens is 393 g/mol. The molecule has 0 bridgehead atoms. The van der Waals surface area contributed by atoms with Gasteiger partial charge in [-0.2, -0.15) is 0 Å². The molecule has 0 saturated heterocycles. The maximum Gasteiger partial charge on any atom is 0.190 e. The summed E-state index contributed by atoms with van der Waals surface area (Å²) in [7, 11) is 5.19. The van der Waals surface area contributed by atoms with E-state index in [-0.39, 0.29) is 24.0 Å². The summed E-state index contributed by atoms with van der Waals surface area (Å²) in [6, 6.07) is 8.20. The number of nitrogens with one attached hydrogen (secondary N) is 2. The van der Waals surface area contributed by atoms with Gasteiger partial charge in [0.15, 0.2) is 5.96 Å². The molecule has 1 rings (SSSR count). The lowest BCUT2D eigenvalue weighted by Gasteiger charge is -2.11. The summed E-state index contributed by atoms with van der Waals surface area (Å²) in [5.41, 5.74) is 1.29. The summed E-state index contributed by atoms with van der Waals surface area (Å²) in [6.45, 7) is 2.52. The average molecular weight is 421 g/mol. The SMILES string of the molecule is CN=C(NCCCOC)NCCCc1cccc(OC)c1.I. The van der Waals surface area contributed by atoms with E-state index in [4.69, 9.17) is 9.47 Å². The van der Waals surface area contributed by atoms with Crippen LogP contribution in [-0.4, -0.2) is 46.9 Å². The van der Waals surface area contributed by atoms with Gasteiger partial charge in [-0.25, -0.2) is 0 Å². The summed E-state index contributed by atoms with van der Waals surface area (Å²) in [4.78, 5) is 4.19. The van der Waals surface area contributed by atoms with Gasteiger partial charge in [0.1, 0.15) is 5.75 Å². The molecule has 2 N–H and O–H groups in total. The molecule has 0 fully saturated rings. The number of aryl methyl sites for hydroxylation is 1. The van der Waals surface area contributed by atoms with Crippen molar-refractivity contribution in [1.82, 2.24) is 10.6 Å². The number of hydrogen-bond donors (Lipinski definition) is 2. The highest BCUT2D eigenvalue weighted by Crippen LogP contribution is 2.13. The first kappa shape index (κ1) is 21.0. The van der Waals surface area contributed by atoms with Crippen LogP contribution in [-0.2, 0) is 11.2 Å². The quantitative estimate of drug-likeness (QED) is 0.279. The van der Waals surface area contributed by atoms with Crippen molar-refractivity contribution in [2.45, 2.75) is 19.3 Å². The second-order valence-electron chi connectivity index (χ2n) is 4.73. The van der Waals surface area contributed by atoms with E-state index in [1.165, 1.54) is 5.56 Å². The van der Waals surface area contributed by atoms with Crippen molar-refractivity contribution in [3.63, 3.8) is 0 Å². The Morgan fingerprint density at radius 1 is 1.14 bits per heavy atom. The van der Waals surface area contributed by atoms with Gasteiger partial charge in [0.2, 0.25) is 0 Å². The molecule has 0 amide bonds. The average Bonchev–Trinajstić information content (AvgIpc) is 2.53. The summed E-state index contributed by atoms with van der Waals surface area (Å²) < 4.78 is 10.2. The van der Waals surface area contributed by atoms with Crippen LogP contribution in [0, 0.1) is 0 Å². The third-order valence-electron chi connectivity index (χ3n) is 3.11. The first-order chi connectivity index (χ1) is 10.3. The fourth-order valence-corrected chi connectivity index (χ4v) is 1.97. The van der Waals surface area contributed by atoms with Crippen molar-refractivity contribution in [1.29, 1.82) is 0 Å². The number of guanidine groups is 1. The zero-order valence-electron chi connectivity index (χ0n) is 13.7. The van der Waals surface area contributed by atoms with Gasteiger partial charge in [0, 0.05) is 33.9 Å². The number of rotatable bonds is 9. The van der Waals surface area contributed by atoms with Gasteiger partial charge in [-0.05, 0) is 37.0 Å². The third kappa shape index (κ3) is 9.09. The Morgan fingerprint density at radius 2 is 1.86 bits per heavy atom. The Labute approximate surface area is 150 Å². The van der Waals surface area contributed by atoms with E-state index in [0.29, 0.717) is 0 Å². The zero-order chi connectivity index (χ0) is 15.3. The summed E-state index contributed by atoms with van der Waals surface area (Å²) in [5, 5.41) is 6.57. The molecule has 0 aliphatic heterocycles. The smallest absolute Gasteiger partial charge is 0.190 e. The molecule has 0 aromatic heterocycles. The molecule has 1 aromatic carbocycles. The van der Waals surface area contributed by atoms with E-state index in [0.717, 1.165) is 50.7 Å². The Hall–Kier alpha value is -1.02. The predicted molar refractivity (Wildman–Crippen MR) is 103 cm³/mol. The van der Waals surface area contributed by atoms with Gasteiger partial charge in [0.05, 0.1) is 7.11 Å². The van der Waals surface area contributed by atoms with Crippen molar-refractivity contribution < 1.29 is 9.47 Å². The molecule has 0 atom stereocenters. The maximum atomic E-state index is 5.23. The normalized spacial score (nSPS) is 10.8. The fraction of sp³-hybridized carbons (Fsp3) is 0.562. The molecular formula is C16H28IN3O2. The number of methoxy groups -OCH3 is 2. The molecule has 5 nitrogen and oxygen atoms in total. The van der Waals surface area contributed by atoms with E-state index in [9.17, 15) is 0 Å². The number of nitrogens with zero attached hydrogens (tertiary/aromatic N) is 1. The molecule has 0 heterocycles. The highest BCUT2D eigenvalue weighted by molar-refractivity contribution is 14.0. The van der Waals surface area contributed by atoms with Crippen LogP contribution in [0.1, 0.15) is 18.4 Å². The molecule has 0 saturated carbocycles. The molecule has 0 radical (unpaired) electrons. The van der Waals surface area contributed by atoms with Crippen LogP contribution in [0.2, 0.25) is 0 Å². The van der Waals surface area contributed by atoms with Gasteiger partial charge in [0.25, 0.3) is 0 Å². The summed E-state index contributed by atoms with van der Waals surface area (Å²) in [6.07, 6.45) is 3.04. The zero-order valence-corrected chi connectivity index (χ0v) is 16.1. The van der Waals surface area contributed by atoms with Gasteiger partial charge in [-0.1, -0.05) is 12.1 Å². The fourth-order valence-electron chi connectivity index (χ4n) is 1.97. The minimum atomic E-state index is 0. The van der Waals surface area contributed by atoms with Crippen molar-refractivity contribution in [3.8, 4) is 5.75 Å². The van der Waals surface area contributed by atoms with E-state index in [2.05, 4.69) is 27.8 Å². The largest absolute Gasteiger partial charge is 0.497 e. The van der Waals surface area contributed by atoms with Crippen molar-refractivity contribution in [2.75, 3.05) is 41.0 Å². The number of benzene rings is 1. The van der Waals surface area contributed by atoms with Crippen LogP contribution in [0.25, 0.3) is 0 Å². The maximum absolute atomic E-state index is 5.23. The Balaban J connectivity index is 0.00000441. The first-order valence-corrected chi connectivity index (χ1v) is 7.36. The highest BCUT2D eigenvalue weighted by Gasteiger charge is 1.98. The molecule has 0 aliphatic carbocycles. The lowest BCUT2D eigenvalue weighted by atomic mass is 10.1. The monoisotopic (exact) mass is 421 g/mol. The Bertz CT molecular complexity index is 428. The molecule has 22 heavy (non-hydrogen) atoms. The second kappa shape index (κ2) is 13.6. The third-order valence-corrected chi connectivity index (χ3v) is 3.11. The molecule has 0 unspecified atom stereocenters. The summed E-state index contributed by atoms with van der Waals surface area (Å²) in [5.74, 6) is 1.76. The molecule has 0 spiro atoms. The minimum Gasteiger partial charge on any atom is -0.497 e. The van der Waals surface area contributed by atoms with Crippen molar-refractivity contribution in [2.24, 2.45) is 4.99 Å². The van der Waals surface area contributed by atoms with Crippen LogP contribution in [0.5, 0.6) is 5.75 Å². The summed E-state index contributed by atoms with van der Waals surface area (Å²) >= 11 is 0. The lowest BCUT2D eigenvalue weighted by molar-refractivity contribution is 0.195. The molecule has 6 heteroatoms. The minimum absolute atomic E-state index is 0. The van der Waals surface area contributed by atoms with Crippen LogP contribution in [0.3, 0.4) is 0 Å². The first-order valence-electron chi connectivity index (χ1n) is 7.36. The molecule has 0 aliphatic rings. The van der Waals surface area contributed by atoms with Crippen molar-refractivity contribution in [3.05, 3.63) is 29.8 Å². The van der Waals surface area contributed by atoms with Crippen LogP contribution in [0.4, 0.5) is 0 Å². The van der Waals surface area contributed by atoms with Gasteiger partial charge < -0.3 is 20.1 Å². The van der Waals surface area contributed by atoms with E-state index >= 15 is 0 Å². The molecule has 126 valence electrons. The van der Waals surface area contributed by atoms with Crippen LogP contribution >= 0.6 is 24.0 Å². The van der Waals surface area contributed by atoms with Gasteiger partial charge in [-0.15, -0.1) is 24.0 Å². The topological polar surface area (TPSA) is 54.9 Å². The van der Waals surface area contributed by atoms with E-state index in [1.807, 2.05) is 12.1 Å². The van der Waals surface area contributed by atoms with Gasteiger partial charge in [-0.3, -0.25) is 4.99 Å². The van der Waals surface area contributed by atoms with Gasteiger partial charge >= 0.3 is 0 Å². The van der Waals surface area contributed by atoms with E-state index < -0.39 is 0 Å². The Morgan fingerprint density at radius 3 is 2.50 bits per heavy atom. The number of halogens is 1. The number of aliphatic imine (C=N–C) groups is 1. The standard InChI is InChI=1S/C16H27N3O2.HI/c1-17-16(19-11-6-12-20-2)18-10-5-8-14-7-4-9-15(13-14)21-3;/h4,7,9,13H,5-6,8,10-12H2,1-3H3,(H2,17,18,19);1H. The van der Waals surface area contributed by atoms with E-state index in [1.54, 1.807) is 21.3 Å². The molecule has 1 aromatic rings. The van der Waals surface area contributed by atoms with Crippen LogP contribution < -0.4 is 15.4 Å². The highest BCUT2D eigenvalue weighted by atomic mass is 127. The lowest BCUT2D eigenvalue weighted by Crippen LogP contribution is -2.38. The Kier molecular flexibility index (Phi) is 13.0. The predicted octanol–water partition coefficient (Wildman–Crippen LogP) is 2.45. The second-order valence-corrected chi connectivity index (χ2v) is 4.73. The van der Waals surface area contributed by atoms with Crippen LogP contribution in [0.15, 0.2) is 29.3 Å².